The number of hydrogen-bond donors (Lipinski definition) is 0. The number of sulfone groups is 2. The summed E-state index contributed by atoms with van der Waals surface area (Å²) in [5.41, 5.74) is 1.77. The van der Waals surface area contributed by atoms with Crippen molar-refractivity contribution in [3.8, 4) is 11.3 Å². The largest absolute Gasteiger partial charge is 0.247 e. The molecule has 0 spiro atoms. The van der Waals surface area contributed by atoms with E-state index in [0.29, 0.717) is 29.1 Å². The van der Waals surface area contributed by atoms with E-state index < -0.39 is 19.7 Å². The van der Waals surface area contributed by atoms with E-state index in [0.717, 1.165) is 12.5 Å². The van der Waals surface area contributed by atoms with E-state index in [2.05, 4.69) is 19.9 Å². The van der Waals surface area contributed by atoms with Crippen molar-refractivity contribution in [1.82, 2.24) is 19.9 Å². The maximum atomic E-state index is 11.7. The number of rotatable bonds is 4. The van der Waals surface area contributed by atoms with Crippen LogP contribution in [0.25, 0.3) is 11.3 Å². The molecule has 0 aliphatic carbocycles. The van der Waals surface area contributed by atoms with E-state index in [-0.39, 0.29) is 10.3 Å². The second-order valence-electron chi connectivity index (χ2n) is 5.09. The lowest BCUT2D eigenvalue weighted by Gasteiger charge is -2.09. The lowest BCUT2D eigenvalue weighted by molar-refractivity contribution is 0.591. The van der Waals surface area contributed by atoms with E-state index in [1.165, 1.54) is 6.20 Å². The Morgan fingerprint density at radius 1 is 0.957 bits per heavy atom. The summed E-state index contributed by atoms with van der Waals surface area (Å²) in [7, 11) is -7.09. The Bertz CT molecular complexity index is 969. The van der Waals surface area contributed by atoms with Gasteiger partial charge in [0.05, 0.1) is 11.4 Å². The first-order chi connectivity index (χ1) is 10.5. The first kappa shape index (κ1) is 17.4. The van der Waals surface area contributed by atoms with Gasteiger partial charge in [0.2, 0.25) is 30.0 Å². The number of nitrogens with zero attached hydrogens (tertiary/aromatic N) is 4. The predicted molar refractivity (Wildman–Crippen MR) is 83.4 cm³/mol. The van der Waals surface area contributed by atoms with Crippen LogP contribution in [0.15, 0.2) is 22.6 Å². The average molecular weight is 356 g/mol. The Hall–Kier alpha value is -1.94. The van der Waals surface area contributed by atoms with E-state index in [4.69, 9.17) is 0 Å². The number of aryl methyl sites for hydroxylation is 2. The maximum Gasteiger partial charge on any atom is 0.247 e. The van der Waals surface area contributed by atoms with Crippen LogP contribution in [0.5, 0.6) is 0 Å². The zero-order valence-electron chi connectivity index (χ0n) is 13.1. The molecule has 0 fully saturated rings. The molecule has 0 radical (unpaired) electrons. The molecule has 0 aliphatic heterocycles. The summed E-state index contributed by atoms with van der Waals surface area (Å²) in [6, 6.07) is 1.60. The van der Waals surface area contributed by atoms with Gasteiger partial charge in [0.1, 0.15) is 0 Å². The molecular formula is C13H16N4O4S2. The molecule has 0 bridgehead atoms. The molecule has 2 heterocycles. The Balaban J connectivity index is 2.70. The van der Waals surface area contributed by atoms with E-state index in [1.807, 2.05) is 6.92 Å². The van der Waals surface area contributed by atoms with Gasteiger partial charge in [0.25, 0.3) is 0 Å². The van der Waals surface area contributed by atoms with Crippen molar-refractivity contribution in [1.29, 1.82) is 0 Å². The molecule has 2 aromatic heterocycles. The molecule has 23 heavy (non-hydrogen) atoms. The number of hydrogen-bond acceptors (Lipinski definition) is 8. The summed E-state index contributed by atoms with van der Waals surface area (Å²) in [5, 5.41) is -0.561. The molecule has 8 nitrogen and oxygen atoms in total. The third kappa shape index (κ3) is 3.88. The highest BCUT2D eigenvalue weighted by molar-refractivity contribution is 7.90. The van der Waals surface area contributed by atoms with E-state index in [1.54, 1.807) is 13.0 Å². The van der Waals surface area contributed by atoms with E-state index >= 15 is 0 Å². The Kier molecular flexibility index (Phi) is 4.49. The monoisotopic (exact) mass is 356 g/mol. The van der Waals surface area contributed by atoms with Crippen LogP contribution in [0.1, 0.15) is 18.3 Å². The van der Waals surface area contributed by atoms with Gasteiger partial charge in [-0.25, -0.2) is 36.8 Å². The third-order valence-corrected chi connectivity index (χ3v) is 4.66. The van der Waals surface area contributed by atoms with Gasteiger partial charge in [0, 0.05) is 30.0 Å². The summed E-state index contributed by atoms with van der Waals surface area (Å²) >= 11 is 0. The van der Waals surface area contributed by atoms with Crippen LogP contribution in [0.3, 0.4) is 0 Å². The first-order valence-electron chi connectivity index (χ1n) is 6.64. The first-order valence-corrected chi connectivity index (χ1v) is 10.4. The molecular weight excluding hydrogens is 340 g/mol. The van der Waals surface area contributed by atoms with Gasteiger partial charge >= 0.3 is 0 Å². The predicted octanol–water partition coefficient (Wildman–Crippen LogP) is 0.611. The minimum atomic E-state index is -3.57. The van der Waals surface area contributed by atoms with Crippen LogP contribution in [0.4, 0.5) is 0 Å². The number of aromatic nitrogens is 4. The Labute approximate surface area is 134 Å². The van der Waals surface area contributed by atoms with E-state index in [9.17, 15) is 16.8 Å². The second kappa shape index (κ2) is 5.93. The SMILES string of the molecule is CCc1nc(S(C)(=O)=O)ncc1-c1cc(C)nc(S(C)(=O)=O)n1. The minimum absolute atomic E-state index is 0.271. The van der Waals surface area contributed by atoms with Crippen molar-refractivity contribution < 1.29 is 16.8 Å². The molecule has 0 amide bonds. The summed E-state index contributed by atoms with van der Waals surface area (Å²) in [6.45, 7) is 3.46. The smallest absolute Gasteiger partial charge is 0.226 e. The zero-order chi connectivity index (χ0) is 17.4. The summed E-state index contributed by atoms with van der Waals surface area (Å²) in [6.07, 6.45) is 3.83. The third-order valence-electron chi connectivity index (χ3n) is 2.95. The van der Waals surface area contributed by atoms with Gasteiger partial charge in [-0.05, 0) is 19.4 Å². The Morgan fingerprint density at radius 3 is 2.09 bits per heavy atom. The van der Waals surface area contributed by atoms with Gasteiger partial charge in [-0.15, -0.1) is 0 Å². The molecule has 124 valence electrons. The summed E-state index contributed by atoms with van der Waals surface area (Å²) in [4.78, 5) is 15.9. The molecule has 2 rings (SSSR count). The lowest BCUT2D eigenvalue weighted by Crippen LogP contribution is -2.09. The van der Waals surface area contributed by atoms with Gasteiger partial charge in [-0.2, -0.15) is 0 Å². The molecule has 10 heteroatoms. The van der Waals surface area contributed by atoms with Crippen molar-refractivity contribution in [3.63, 3.8) is 0 Å². The fraction of sp³-hybridized carbons (Fsp3) is 0.385. The summed E-state index contributed by atoms with van der Waals surface area (Å²) < 4.78 is 46.5. The highest BCUT2D eigenvalue weighted by Crippen LogP contribution is 2.23. The molecule has 0 aliphatic rings. The molecule has 2 aromatic rings. The van der Waals surface area contributed by atoms with Crippen LogP contribution in [-0.2, 0) is 26.1 Å². The molecule has 0 saturated carbocycles. The van der Waals surface area contributed by atoms with Gasteiger partial charge in [-0.1, -0.05) is 6.92 Å². The maximum absolute atomic E-state index is 11.7. The average Bonchev–Trinajstić information content (AvgIpc) is 2.44. The second-order valence-corrected chi connectivity index (χ2v) is 8.91. The molecule has 0 N–H and O–H groups in total. The lowest BCUT2D eigenvalue weighted by atomic mass is 10.1. The van der Waals surface area contributed by atoms with Crippen LogP contribution in [0, 0.1) is 6.92 Å². The Morgan fingerprint density at radius 2 is 1.57 bits per heavy atom. The van der Waals surface area contributed by atoms with Crippen LogP contribution >= 0.6 is 0 Å². The van der Waals surface area contributed by atoms with Crippen molar-refractivity contribution in [3.05, 3.63) is 23.7 Å². The summed E-state index contributed by atoms with van der Waals surface area (Å²) in [5.74, 6) is 0. The van der Waals surface area contributed by atoms with Crippen molar-refractivity contribution in [2.45, 2.75) is 30.6 Å². The topological polar surface area (TPSA) is 120 Å². The fourth-order valence-corrected chi connectivity index (χ4v) is 3.00. The van der Waals surface area contributed by atoms with Gasteiger partial charge < -0.3 is 0 Å². The zero-order valence-corrected chi connectivity index (χ0v) is 14.7. The standard InChI is InChI=1S/C13H16N4O4S2/c1-5-10-9(7-14-12(16-10)22(3,18)19)11-6-8(2)15-13(17-11)23(4,20)21/h6-7H,5H2,1-4H3. The molecule has 0 atom stereocenters. The quantitative estimate of drug-likeness (QED) is 0.731. The van der Waals surface area contributed by atoms with Crippen LogP contribution in [0.2, 0.25) is 0 Å². The highest BCUT2D eigenvalue weighted by atomic mass is 32.2. The van der Waals surface area contributed by atoms with Crippen molar-refractivity contribution in [2.24, 2.45) is 0 Å². The van der Waals surface area contributed by atoms with Crippen LogP contribution in [-0.4, -0.2) is 49.3 Å². The highest BCUT2D eigenvalue weighted by Gasteiger charge is 2.18. The molecule has 0 aromatic carbocycles. The van der Waals surface area contributed by atoms with Gasteiger partial charge in [0.15, 0.2) is 0 Å². The molecule has 0 unspecified atom stereocenters. The van der Waals surface area contributed by atoms with Crippen LogP contribution < -0.4 is 0 Å². The fourth-order valence-electron chi connectivity index (χ4n) is 1.91. The van der Waals surface area contributed by atoms with Crippen molar-refractivity contribution in [2.75, 3.05) is 12.5 Å². The van der Waals surface area contributed by atoms with Gasteiger partial charge in [-0.3, -0.25) is 0 Å². The normalized spacial score (nSPS) is 12.3. The molecule has 0 saturated heterocycles. The minimum Gasteiger partial charge on any atom is -0.226 e. The van der Waals surface area contributed by atoms with Crippen molar-refractivity contribution >= 4 is 19.7 Å².